The zero-order valence-corrected chi connectivity index (χ0v) is 20.9. The molecule has 3 aromatic rings. The fraction of sp³-hybridized carbons (Fsp3) is 0.160. The van der Waals surface area contributed by atoms with E-state index in [1.165, 1.54) is 6.21 Å². The molecule has 0 radical (unpaired) electrons. The van der Waals surface area contributed by atoms with Crippen molar-refractivity contribution in [2.45, 2.75) is 11.8 Å². The van der Waals surface area contributed by atoms with E-state index in [9.17, 15) is 14.7 Å². The Hall–Kier alpha value is -2.27. The fourth-order valence-corrected chi connectivity index (χ4v) is 7.47. The number of carbonyl (C=O) groups excluding carboxylic acids is 2. The molecular formula is C25H16I2N2O3. The predicted molar refractivity (Wildman–Crippen MR) is 137 cm³/mol. The van der Waals surface area contributed by atoms with Gasteiger partial charge in [0.1, 0.15) is 5.75 Å². The number of benzene rings is 3. The van der Waals surface area contributed by atoms with Crippen molar-refractivity contribution in [1.82, 2.24) is 5.01 Å². The Kier molecular flexibility index (Phi) is 4.69. The number of nitrogens with zero attached hydrogens (tertiary/aromatic N) is 2. The maximum atomic E-state index is 13.5. The van der Waals surface area contributed by atoms with Gasteiger partial charge in [-0.1, -0.05) is 48.5 Å². The number of phenols is 1. The van der Waals surface area contributed by atoms with Crippen LogP contribution in [0.1, 0.15) is 39.7 Å². The Bertz CT molecular complexity index is 1240. The Morgan fingerprint density at radius 2 is 1.28 bits per heavy atom. The molecule has 1 saturated heterocycles. The van der Waals surface area contributed by atoms with E-state index in [2.05, 4.69) is 52.0 Å². The molecule has 32 heavy (non-hydrogen) atoms. The second-order valence-electron chi connectivity index (χ2n) is 8.32. The third kappa shape index (κ3) is 2.76. The first-order valence-electron chi connectivity index (χ1n) is 10.2. The number of rotatable bonds is 2. The van der Waals surface area contributed by atoms with E-state index in [0.29, 0.717) is 9.13 Å². The summed E-state index contributed by atoms with van der Waals surface area (Å²) >= 11 is 4.21. The number of phenolic OH excluding ortho intramolecular Hbond substituents is 1. The summed E-state index contributed by atoms with van der Waals surface area (Å²) in [6.45, 7) is 0. The lowest BCUT2D eigenvalue weighted by Crippen LogP contribution is -2.41. The van der Waals surface area contributed by atoms with Gasteiger partial charge in [-0.15, -0.1) is 0 Å². The highest BCUT2D eigenvalue weighted by Gasteiger charge is 2.61. The van der Waals surface area contributed by atoms with Crippen molar-refractivity contribution in [3.05, 3.63) is 95.6 Å². The monoisotopic (exact) mass is 646 g/mol. The smallest absolute Gasteiger partial charge is 0.254 e. The molecule has 1 N–H and O–H groups in total. The molecule has 7 rings (SSSR count). The standard InChI is InChI=1S/C25H16I2N2O3/c26-13-9-12(23(30)18(27)10-13)11-28-29-24(31)21-19-14-5-1-2-6-15(14)20(22(21)25(29)32)17-8-4-3-7-16(17)19/h1-11,19-22,30H/b28-11-/t19?,20?,21-,22-/m1/s1. The van der Waals surface area contributed by atoms with Crippen LogP contribution in [0.15, 0.2) is 65.8 Å². The summed E-state index contributed by atoms with van der Waals surface area (Å²) in [5, 5.41) is 15.7. The van der Waals surface area contributed by atoms with Crippen molar-refractivity contribution >= 4 is 63.2 Å². The molecule has 158 valence electrons. The van der Waals surface area contributed by atoms with E-state index in [1.807, 2.05) is 52.9 Å². The molecule has 0 spiro atoms. The van der Waals surface area contributed by atoms with Gasteiger partial charge in [0.15, 0.2) is 0 Å². The van der Waals surface area contributed by atoms with E-state index in [4.69, 9.17) is 0 Å². The minimum atomic E-state index is -0.459. The van der Waals surface area contributed by atoms with Gasteiger partial charge in [0, 0.05) is 21.0 Å². The third-order valence-electron chi connectivity index (χ3n) is 6.80. The second-order valence-corrected chi connectivity index (χ2v) is 10.7. The zero-order valence-electron chi connectivity index (χ0n) is 16.6. The molecule has 1 heterocycles. The zero-order chi connectivity index (χ0) is 22.1. The summed E-state index contributed by atoms with van der Waals surface area (Å²) in [5.74, 6) is -1.67. The van der Waals surface area contributed by atoms with Crippen molar-refractivity contribution in [2.24, 2.45) is 16.9 Å². The Labute approximate surface area is 211 Å². The third-order valence-corrected chi connectivity index (χ3v) is 8.24. The highest BCUT2D eigenvalue weighted by atomic mass is 127. The molecule has 0 unspecified atom stereocenters. The molecule has 3 aromatic carbocycles. The number of hydrogen-bond acceptors (Lipinski definition) is 4. The van der Waals surface area contributed by atoms with Crippen molar-refractivity contribution in [3.63, 3.8) is 0 Å². The molecule has 2 bridgehead atoms. The molecular weight excluding hydrogens is 630 g/mol. The average molecular weight is 646 g/mol. The Morgan fingerprint density at radius 3 is 1.75 bits per heavy atom. The molecule has 1 fully saturated rings. The quantitative estimate of drug-likeness (QED) is 0.247. The minimum absolute atomic E-state index is 0.0890. The van der Waals surface area contributed by atoms with Gasteiger partial charge in [0.2, 0.25) is 0 Å². The number of hydrogen-bond donors (Lipinski definition) is 1. The van der Waals surface area contributed by atoms with E-state index in [1.54, 1.807) is 6.07 Å². The normalized spacial score (nSPS) is 25.2. The van der Waals surface area contributed by atoms with Gasteiger partial charge in [0.05, 0.1) is 21.6 Å². The number of amides is 2. The van der Waals surface area contributed by atoms with Crippen LogP contribution >= 0.6 is 45.2 Å². The van der Waals surface area contributed by atoms with Crippen LogP contribution in [-0.2, 0) is 9.59 Å². The molecule has 5 nitrogen and oxygen atoms in total. The largest absolute Gasteiger partial charge is 0.506 e. The first-order chi connectivity index (χ1) is 15.5. The maximum Gasteiger partial charge on any atom is 0.254 e. The first-order valence-corrected chi connectivity index (χ1v) is 12.4. The summed E-state index contributed by atoms with van der Waals surface area (Å²) in [4.78, 5) is 27.1. The highest BCUT2D eigenvalue weighted by Crippen LogP contribution is 2.60. The van der Waals surface area contributed by atoms with Crippen LogP contribution in [0.3, 0.4) is 0 Å². The number of carbonyl (C=O) groups is 2. The molecule has 2 atom stereocenters. The second kappa shape index (κ2) is 7.38. The lowest BCUT2D eigenvalue weighted by molar-refractivity contribution is -0.139. The SMILES string of the molecule is O=C1[C@@H]2C3c4ccccc4C(c4ccccc43)[C@H]2C(=O)N1/N=C\c1cc(I)cc(I)c1O. The number of imide groups is 1. The van der Waals surface area contributed by atoms with E-state index >= 15 is 0 Å². The van der Waals surface area contributed by atoms with Gasteiger partial charge < -0.3 is 5.11 Å². The molecule has 4 aliphatic rings. The molecule has 0 aromatic heterocycles. The maximum absolute atomic E-state index is 13.5. The lowest BCUT2D eigenvalue weighted by atomic mass is 9.55. The van der Waals surface area contributed by atoms with Gasteiger partial charge in [0.25, 0.3) is 11.8 Å². The number of halogens is 2. The lowest BCUT2D eigenvalue weighted by Gasteiger charge is -2.45. The van der Waals surface area contributed by atoms with Gasteiger partial charge in [-0.25, -0.2) is 0 Å². The molecule has 1 aliphatic heterocycles. The summed E-state index contributed by atoms with van der Waals surface area (Å²) in [7, 11) is 0. The van der Waals surface area contributed by atoms with Gasteiger partial charge in [-0.05, 0) is 79.6 Å². The Balaban J connectivity index is 1.45. The summed E-state index contributed by atoms with van der Waals surface area (Å²) in [5.41, 5.74) is 5.01. The van der Waals surface area contributed by atoms with E-state index in [0.717, 1.165) is 30.8 Å². The highest BCUT2D eigenvalue weighted by molar-refractivity contribution is 14.1. The predicted octanol–water partition coefficient (Wildman–Crippen LogP) is 4.83. The van der Waals surface area contributed by atoms with Crippen LogP contribution in [-0.4, -0.2) is 28.1 Å². The van der Waals surface area contributed by atoms with Crippen molar-refractivity contribution in [1.29, 1.82) is 0 Å². The van der Waals surface area contributed by atoms with Crippen LogP contribution in [0.25, 0.3) is 0 Å². The van der Waals surface area contributed by atoms with Crippen LogP contribution in [0.5, 0.6) is 5.75 Å². The number of aromatic hydroxyl groups is 1. The van der Waals surface area contributed by atoms with Crippen LogP contribution in [0.2, 0.25) is 0 Å². The first kappa shape index (κ1) is 20.3. The molecule has 0 saturated carbocycles. The van der Waals surface area contributed by atoms with Gasteiger partial charge >= 0.3 is 0 Å². The minimum Gasteiger partial charge on any atom is -0.506 e. The summed E-state index contributed by atoms with van der Waals surface area (Å²) < 4.78 is 1.62. The fourth-order valence-electron chi connectivity index (χ4n) is 5.58. The summed E-state index contributed by atoms with van der Waals surface area (Å²) in [6.07, 6.45) is 1.41. The van der Waals surface area contributed by atoms with E-state index in [-0.39, 0.29) is 29.4 Å². The van der Waals surface area contributed by atoms with E-state index < -0.39 is 11.8 Å². The average Bonchev–Trinajstić information content (AvgIpc) is 3.05. The van der Waals surface area contributed by atoms with Crippen LogP contribution in [0, 0.1) is 19.0 Å². The van der Waals surface area contributed by atoms with Crippen molar-refractivity contribution in [3.8, 4) is 5.75 Å². The summed E-state index contributed by atoms with van der Waals surface area (Å²) in [6, 6.07) is 19.9. The number of hydrazone groups is 1. The van der Waals surface area contributed by atoms with Crippen LogP contribution < -0.4 is 0 Å². The van der Waals surface area contributed by atoms with Crippen molar-refractivity contribution in [2.75, 3.05) is 0 Å². The molecule has 3 aliphatic carbocycles. The Morgan fingerprint density at radius 1 is 0.812 bits per heavy atom. The molecule has 2 amide bonds. The topological polar surface area (TPSA) is 70.0 Å². The van der Waals surface area contributed by atoms with Gasteiger partial charge in [-0.3, -0.25) is 9.59 Å². The van der Waals surface area contributed by atoms with Crippen LogP contribution in [0.4, 0.5) is 0 Å². The van der Waals surface area contributed by atoms with Gasteiger partial charge in [-0.2, -0.15) is 10.1 Å². The molecule has 7 heteroatoms. The van der Waals surface area contributed by atoms with Crippen molar-refractivity contribution < 1.29 is 14.7 Å².